The van der Waals surface area contributed by atoms with Crippen LogP contribution in [0.4, 0.5) is 5.69 Å². The lowest BCUT2D eigenvalue weighted by atomic mass is 9.93. The molecule has 1 heterocycles. The van der Waals surface area contributed by atoms with Gasteiger partial charge in [0.05, 0.1) is 23.0 Å². The fourth-order valence-corrected chi connectivity index (χ4v) is 1.51. The summed E-state index contributed by atoms with van der Waals surface area (Å²) in [6, 6.07) is 0. The van der Waals surface area contributed by atoms with Crippen molar-refractivity contribution in [1.82, 2.24) is 4.98 Å². The molecule has 0 aliphatic rings. The Bertz CT molecular complexity index is 314. The van der Waals surface area contributed by atoms with E-state index in [1.54, 1.807) is 12.4 Å². The second kappa shape index (κ2) is 4.84. The average molecular weight is 273 g/mol. The maximum atomic E-state index is 5.75. The predicted molar refractivity (Wildman–Crippen MR) is 65.9 cm³/mol. The Labute approximate surface area is 99.2 Å². The van der Waals surface area contributed by atoms with Gasteiger partial charge in [-0.05, 0) is 27.8 Å². The van der Waals surface area contributed by atoms with Crippen LogP contribution in [0, 0.1) is 5.41 Å². The smallest absolute Gasteiger partial charge is 0.159 e. The summed E-state index contributed by atoms with van der Waals surface area (Å²) in [5, 5.41) is 0. The summed E-state index contributed by atoms with van der Waals surface area (Å²) in [6.45, 7) is 7.21. The summed E-state index contributed by atoms with van der Waals surface area (Å²) < 4.78 is 6.43. The molecule has 1 aromatic rings. The van der Waals surface area contributed by atoms with Crippen molar-refractivity contribution in [3.8, 4) is 5.75 Å². The molecule has 84 valence electrons. The monoisotopic (exact) mass is 272 g/mol. The number of hydrogen-bond acceptors (Lipinski definition) is 3. The van der Waals surface area contributed by atoms with E-state index in [0.717, 1.165) is 10.9 Å². The molecule has 4 heteroatoms. The predicted octanol–water partition coefficient (Wildman–Crippen LogP) is 3.24. The minimum absolute atomic E-state index is 0.272. The first-order valence-electron chi connectivity index (χ1n) is 4.92. The molecule has 2 N–H and O–H groups in total. The molecule has 0 saturated heterocycles. The van der Waals surface area contributed by atoms with Gasteiger partial charge >= 0.3 is 0 Å². The Kier molecular flexibility index (Phi) is 3.97. The zero-order valence-electron chi connectivity index (χ0n) is 9.38. The molecule has 1 rings (SSSR count). The zero-order chi connectivity index (χ0) is 11.5. The van der Waals surface area contributed by atoms with E-state index in [1.165, 1.54) is 0 Å². The van der Waals surface area contributed by atoms with Crippen LogP contribution >= 0.6 is 15.9 Å². The summed E-state index contributed by atoms with van der Waals surface area (Å²) in [5.74, 6) is 0.689. The molecule has 0 aliphatic heterocycles. The van der Waals surface area contributed by atoms with Gasteiger partial charge in [0.25, 0.3) is 0 Å². The van der Waals surface area contributed by atoms with E-state index in [9.17, 15) is 0 Å². The highest BCUT2D eigenvalue weighted by molar-refractivity contribution is 9.10. The van der Waals surface area contributed by atoms with E-state index in [2.05, 4.69) is 41.7 Å². The molecular formula is C11H17BrN2O. The molecule has 0 unspecified atom stereocenters. The zero-order valence-corrected chi connectivity index (χ0v) is 11.0. The molecule has 0 saturated carbocycles. The van der Waals surface area contributed by atoms with Crippen LogP contribution < -0.4 is 10.5 Å². The summed E-state index contributed by atoms with van der Waals surface area (Å²) in [5.41, 5.74) is 6.59. The Balaban J connectivity index is 2.58. The van der Waals surface area contributed by atoms with Crippen LogP contribution in [0.2, 0.25) is 0 Å². The Morgan fingerprint density at radius 2 is 2.07 bits per heavy atom. The lowest BCUT2D eigenvalue weighted by Gasteiger charge is -2.18. The maximum Gasteiger partial charge on any atom is 0.159 e. The standard InChI is InChI=1S/C11H17BrN2O/c1-11(2,3)4-5-15-10-8(12)6-14-7-9(10)13/h6-7H,4-5,13H2,1-3H3. The Morgan fingerprint density at radius 1 is 1.40 bits per heavy atom. The van der Waals surface area contributed by atoms with Crippen LogP contribution in [0.15, 0.2) is 16.9 Å². The van der Waals surface area contributed by atoms with Gasteiger partial charge in [-0.1, -0.05) is 20.8 Å². The van der Waals surface area contributed by atoms with Gasteiger partial charge in [-0.25, -0.2) is 0 Å². The lowest BCUT2D eigenvalue weighted by molar-refractivity contribution is 0.243. The first-order valence-corrected chi connectivity index (χ1v) is 5.71. The number of pyridine rings is 1. The largest absolute Gasteiger partial charge is 0.490 e. The molecule has 0 atom stereocenters. The van der Waals surface area contributed by atoms with Crippen molar-refractivity contribution in [2.24, 2.45) is 5.41 Å². The van der Waals surface area contributed by atoms with Crippen LogP contribution in [0.1, 0.15) is 27.2 Å². The van der Waals surface area contributed by atoms with Crippen molar-refractivity contribution in [3.63, 3.8) is 0 Å². The van der Waals surface area contributed by atoms with Gasteiger partial charge in [-0.15, -0.1) is 0 Å². The van der Waals surface area contributed by atoms with Gasteiger partial charge in [0.2, 0.25) is 0 Å². The van der Waals surface area contributed by atoms with Crippen molar-refractivity contribution >= 4 is 21.6 Å². The van der Waals surface area contributed by atoms with Gasteiger partial charge in [0.1, 0.15) is 0 Å². The lowest BCUT2D eigenvalue weighted by Crippen LogP contribution is -2.12. The molecule has 1 aromatic heterocycles. The fraction of sp³-hybridized carbons (Fsp3) is 0.545. The number of nitrogens with zero attached hydrogens (tertiary/aromatic N) is 1. The van der Waals surface area contributed by atoms with Gasteiger partial charge in [0, 0.05) is 6.20 Å². The van der Waals surface area contributed by atoms with E-state index >= 15 is 0 Å². The molecule has 0 aliphatic carbocycles. The van der Waals surface area contributed by atoms with Crippen LogP contribution in [0.5, 0.6) is 5.75 Å². The van der Waals surface area contributed by atoms with Crippen molar-refractivity contribution in [1.29, 1.82) is 0 Å². The normalized spacial score (nSPS) is 11.5. The topological polar surface area (TPSA) is 48.1 Å². The summed E-state index contributed by atoms with van der Waals surface area (Å²) in [6.07, 6.45) is 4.27. The average Bonchev–Trinajstić information content (AvgIpc) is 2.08. The van der Waals surface area contributed by atoms with Gasteiger partial charge < -0.3 is 10.5 Å². The SMILES string of the molecule is CC(C)(C)CCOc1c(N)cncc1Br. The number of hydrogen-bond donors (Lipinski definition) is 1. The molecule has 0 fully saturated rings. The Hall–Kier alpha value is -0.770. The number of nitrogen functional groups attached to an aromatic ring is 1. The molecule has 0 radical (unpaired) electrons. The third-order valence-corrected chi connectivity index (χ3v) is 2.54. The van der Waals surface area contributed by atoms with Gasteiger partial charge in [-0.2, -0.15) is 0 Å². The van der Waals surface area contributed by atoms with E-state index in [0.29, 0.717) is 18.0 Å². The maximum absolute atomic E-state index is 5.75. The number of halogens is 1. The Morgan fingerprint density at radius 3 is 2.60 bits per heavy atom. The fourth-order valence-electron chi connectivity index (χ4n) is 1.05. The molecule has 15 heavy (non-hydrogen) atoms. The minimum atomic E-state index is 0.272. The van der Waals surface area contributed by atoms with Crippen molar-refractivity contribution in [2.45, 2.75) is 27.2 Å². The minimum Gasteiger partial charge on any atom is -0.490 e. The van der Waals surface area contributed by atoms with E-state index < -0.39 is 0 Å². The second-order valence-corrected chi connectivity index (χ2v) is 5.55. The first kappa shape index (κ1) is 12.3. The highest BCUT2D eigenvalue weighted by Gasteiger charge is 2.11. The second-order valence-electron chi connectivity index (χ2n) is 4.70. The number of nitrogens with two attached hydrogens (primary N) is 1. The molecular weight excluding hydrogens is 256 g/mol. The molecule has 3 nitrogen and oxygen atoms in total. The molecule has 0 amide bonds. The molecule has 0 bridgehead atoms. The quantitative estimate of drug-likeness (QED) is 0.919. The van der Waals surface area contributed by atoms with Crippen LogP contribution in [-0.2, 0) is 0 Å². The van der Waals surface area contributed by atoms with Gasteiger partial charge in [0.15, 0.2) is 5.75 Å². The van der Waals surface area contributed by atoms with Crippen molar-refractivity contribution < 1.29 is 4.74 Å². The first-order chi connectivity index (χ1) is 6.90. The number of aromatic nitrogens is 1. The van der Waals surface area contributed by atoms with Crippen LogP contribution in [-0.4, -0.2) is 11.6 Å². The summed E-state index contributed by atoms with van der Waals surface area (Å²) in [7, 11) is 0. The van der Waals surface area contributed by atoms with Gasteiger partial charge in [-0.3, -0.25) is 4.98 Å². The van der Waals surface area contributed by atoms with Crippen LogP contribution in [0.25, 0.3) is 0 Å². The van der Waals surface area contributed by atoms with Crippen molar-refractivity contribution in [2.75, 3.05) is 12.3 Å². The summed E-state index contributed by atoms with van der Waals surface area (Å²) in [4.78, 5) is 3.95. The van der Waals surface area contributed by atoms with Crippen molar-refractivity contribution in [3.05, 3.63) is 16.9 Å². The number of anilines is 1. The highest BCUT2D eigenvalue weighted by Crippen LogP contribution is 2.30. The van der Waals surface area contributed by atoms with E-state index in [-0.39, 0.29) is 5.41 Å². The third-order valence-electron chi connectivity index (χ3n) is 1.98. The van der Waals surface area contributed by atoms with Crippen LogP contribution in [0.3, 0.4) is 0 Å². The van der Waals surface area contributed by atoms with E-state index in [1.807, 2.05) is 0 Å². The molecule has 0 aromatic carbocycles. The van der Waals surface area contributed by atoms with E-state index in [4.69, 9.17) is 10.5 Å². The number of ether oxygens (including phenoxy) is 1. The summed E-state index contributed by atoms with van der Waals surface area (Å²) >= 11 is 3.36. The third kappa shape index (κ3) is 4.08. The number of rotatable bonds is 3. The highest BCUT2D eigenvalue weighted by atomic mass is 79.9. The molecule has 0 spiro atoms.